The Balaban J connectivity index is 1.33. The van der Waals surface area contributed by atoms with E-state index >= 15 is 0 Å². The summed E-state index contributed by atoms with van der Waals surface area (Å²) in [5.74, 6) is -6.18. The van der Waals surface area contributed by atoms with Crippen molar-refractivity contribution in [1.82, 2.24) is 30.2 Å². The van der Waals surface area contributed by atoms with Crippen LogP contribution in [0.25, 0.3) is 0 Å². The van der Waals surface area contributed by atoms with Gasteiger partial charge in [-0.05, 0) is 132 Å². The van der Waals surface area contributed by atoms with Crippen molar-refractivity contribution in [3.8, 4) is 17.2 Å². The number of fused-ring (bicyclic) bond motifs is 3. The van der Waals surface area contributed by atoms with Crippen molar-refractivity contribution in [2.24, 2.45) is 5.41 Å². The number of carbonyl (C=O) groups excluding carboxylic acids is 9. The van der Waals surface area contributed by atoms with Gasteiger partial charge in [-0.25, -0.2) is 14.0 Å². The first-order valence-electron chi connectivity index (χ1n) is 28.9. The first-order valence-corrected chi connectivity index (χ1v) is 28.9. The van der Waals surface area contributed by atoms with Crippen molar-refractivity contribution in [2.75, 3.05) is 74.8 Å². The van der Waals surface area contributed by atoms with E-state index in [2.05, 4.69) is 10.6 Å². The molecular formula is C65H81FN6O15. The number of cyclic esters (lactones) is 2. The van der Waals surface area contributed by atoms with E-state index in [1.54, 1.807) is 87.5 Å². The number of likely N-dealkylation sites (N-methyl/N-ethyl adjacent to an activating group) is 3. The summed E-state index contributed by atoms with van der Waals surface area (Å²) in [6.45, 7) is 6.38. The monoisotopic (exact) mass is 1200 g/mol. The summed E-state index contributed by atoms with van der Waals surface area (Å²) in [5, 5.41) is 5.55. The topological polar surface area (TPSA) is 246 Å². The smallest absolute Gasteiger partial charge is 0.330 e. The number of nitrogens with one attached hydrogen (secondary N) is 2. The number of ketones is 1. The highest BCUT2D eigenvalue weighted by atomic mass is 19.1. The van der Waals surface area contributed by atoms with Gasteiger partial charge in [-0.15, -0.1) is 0 Å². The maximum absolute atomic E-state index is 14.8. The lowest BCUT2D eigenvalue weighted by Gasteiger charge is -2.36. The molecular weight excluding hydrogens is 1120 g/mol. The van der Waals surface area contributed by atoms with Crippen LogP contribution in [0.1, 0.15) is 101 Å². The maximum atomic E-state index is 14.8. The third kappa shape index (κ3) is 19.4. The van der Waals surface area contributed by atoms with E-state index in [4.69, 9.17) is 28.4 Å². The fourth-order valence-electron chi connectivity index (χ4n) is 9.75. The first kappa shape index (κ1) is 67.5. The third-order valence-electron chi connectivity index (χ3n) is 14.9. The molecule has 6 rings (SSSR count). The van der Waals surface area contributed by atoms with Crippen LogP contribution in [0.5, 0.6) is 17.2 Å². The van der Waals surface area contributed by atoms with E-state index in [1.165, 1.54) is 89.4 Å². The van der Waals surface area contributed by atoms with Gasteiger partial charge in [0, 0.05) is 46.7 Å². The average molecular weight is 1210 g/mol. The van der Waals surface area contributed by atoms with Gasteiger partial charge < -0.3 is 58.7 Å². The highest BCUT2D eigenvalue weighted by molar-refractivity contribution is 6.38. The summed E-state index contributed by atoms with van der Waals surface area (Å²) in [7, 11) is 7.28. The van der Waals surface area contributed by atoms with Crippen LogP contribution >= 0.6 is 0 Å². The van der Waals surface area contributed by atoms with Crippen molar-refractivity contribution >= 4 is 53.2 Å². The average Bonchev–Trinajstić information content (AvgIpc) is 3.34. The fraction of sp³-hybridized carbons (Fsp3) is 0.462. The summed E-state index contributed by atoms with van der Waals surface area (Å²) in [5.41, 5.74) is -0.193. The molecule has 2 aliphatic rings. The number of halogens is 1. The van der Waals surface area contributed by atoms with E-state index in [0.717, 1.165) is 21.4 Å². The maximum Gasteiger partial charge on any atom is 0.330 e. The fourth-order valence-corrected chi connectivity index (χ4v) is 9.75. The van der Waals surface area contributed by atoms with Crippen molar-refractivity contribution in [1.29, 1.82) is 0 Å². The molecule has 2 N–H and O–H groups in total. The van der Waals surface area contributed by atoms with Crippen LogP contribution in [0.2, 0.25) is 0 Å². The quantitative estimate of drug-likeness (QED) is 0.135. The highest BCUT2D eigenvalue weighted by Crippen LogP contribution is 2.33. The number of carbonyl (C=O) groups is 9. The molecule has 1 unspecified atom stereocenters. The molecule has 468 valence electrons. The van der Waals surface area contributed by atoms with Crippen LogP contribution in [0.3, 0.4) is 0 Å². The number of amides is 6. The number of piperidine rings is 1. The van der Waals surface area contributed by atoms with E-state index in [1.807, 2.05) is 6.07 Å². The summed E-state index contributed by atoms with van der Waals surface area (Å²) in [6.07, 6.45) is 3.52. The van der Waals surface area contributed by atoms with E-state index in [0.29, 0.717) is 47.5 Å². The Morgan fingerprint density at radius 1 is 0.736 bits per heavy atom. The Hall–Kier alpha value is -8.66. The first-order chi connectivity index (χ1) is 41.3. The standard InChI is InChI=1S/C65H81FN6O15/c1-64(2,3)86-39-50-59(77)67-48(35-42-25-29-46(66)30-26-42)60(78)69(6)33-16-15-24-56(75)85-41-65(4,5)58(76)62(80)72-34-17-14-23-49(72)63(81)87-51(31-27-43-28-32-52(82-9)53(36-43)83-10)45-21-18-22-47(37-45)84-40-55(74)70(7)38-54(73)68-57(61(79)71(50)8)44-19-12-11-13-20-44/h11-13,15,18-22,24-26,28-30,32,36-37,48-51,57H,14,16-17,23,27,31,33-35,38-41H2,1-10H3,(H,67,77)(H,68,73)/b24-15-/t48-,49-,50-,51+,57?/m0/s1. The molecule has 4 aromatic rings. The Morgan fingerprint density at radius 2 is 1.43 bits per heavy atom. The van der Waals surface area contributed by atoms with Crippen molar-refractivity contribution in [3.63, 3.8) is 0 Å². The zero-order valence-electron chi connectivity index (χ0n) is 51.3. The van der Waals surface area contributed by atoms with Gasteiger partial charge in [0.25, 0.3) is 11.8 Å². The molecule has 0 aromatic heterocycles. The van der Waals surface area contributed by atoms with E-state index in [9.17, 15) is 47.5 Å². The lowest BCUT2D eigenvalue weighted by molar-refractivity contribution is -0.165. The van der Waals surface area contributed by atoms with Gasteiger partial charge in [0.1, 0.15) is 48.4 Å². The minimum atomic E-state index is -1.53. The molecule has 0 spiro atoms. The summed E-state index contributed by atoms with van der Waals surface area (Å²) in [6, 6.07) is 20.5. The Labute approximate surface area is 507 Å². The van der Waals surface area contributed by atoms with Gasteiger partial charge in [0.2, 0.25) is 29.4 Å². The molecule has 4 aromatic carbocycles. The highest BCUT2D eigenvalue weighted by Gasteiger charge is 2.43. The molecule has 2 heterocycles. The normalized spacial score (nSPS) is 22.0. The number of hydrogen-bond acceptors (Lipinski definition) is 15. The second-order valence-electron chi connectivity index (χ2n) is 23.2. The van der Waals surface area contributed by atoms with Gasteiger partial charge in [0.05, 0.1) is 38.4 Å². The molecule has 1 saturated heterocycles. The number of rotatable bonds is 10. The Bertz CT molecular complexity index is 3110. The van der Waals surface area contributed by atoms with Crippen molar-refractivity contribution < 1.29 is 76.0 Å². The molecule has 0 radical (unpaired) electrons. The predicted octanol–water partition coefficient (Wildman–Crippen LogP) is 6.06. The zero-order valence-corrected chi connectivity index (χ0v) is 51.3. The Kier molecular flexibility index (Phi) is 24.1. The van der Waals surface area contributed by atoms with Gasteiger partial charge in [-0.2, -0.15) is 0 Å². The molecule has 6 amide bonds. The van der Waals surface area contributed by atoms with E-state index in [-0.39, 0.29) is 51.1 Å². The SMILES string of the molecule is COc1ccc(CC[C@H]2OC(=O)[C@@H]3CCCCN3C(=O)C(=O)C(C)(C)COC(=O)/C=C\CCN(C)C(=O)[C@H](Cc3ccc(F)cc3)NC(=O)[C@H](COC(C)(C)C)N(C)C(=O)C(c3ccccc3)NC(=O)CN(C)C(=O)COc3cccc2c3)cc1OC. The lowest BCUT2D eigenvalue weighted by Crippen LogP contribution is -2.58. The number of esters is 2. The molecule has 87 heavy (non-hydrogen) atoms. The number of benzene rings is 4. The van der Waals surface area contributed by atoms with Crippen LogP contribution in [0, 0.1) is 11.2 Å². The molecule has 5 atom stereocenters. The minimum Gasteiger partial charge on any atom is -0.493 e. The predicted molar refractivity (Wildman–Crippen MR) is 318 cm³/mol. The molecule has 0 aliphatic carbocycles. The molecule has 2 bridgehead atoms. The summed E-state index contributed by atoms with van der Waals surface area (Å²) in [4.78, 5) is 132. The van der Waals surface area contributed by atoms with Crippen LogP contribution in [0.15, 0.2) is 109 Å². The molecule has 2 aliphatic heterocycles. The molecule has 22 heteroatoms. The number of methoxy groups -OCH3 is 2. The van der Waals surface area contributed by atoms with Gasteiger partial charge in [0.15, 0.2) is 18.1 Å². The number of Topliss-reactive ketones (excluding diaryl/α,β-unsaturated/α-hetero) is 1. The van der Waals surface area contributed by atoms with Gasteiger partial charge in [-0.3, -0.25) is 33.6 Å². The second kappa shape index (κ2) is 31.1. The number of hydrogen-bond donors (Lipinski definition) is 2. The minimum absolute atomic E-state index is 0.0303. The molecule has 1 fully saturated rings. The Morgan fingerprint density at radius 3 is 2.11 bits per heavy atom. The third-order valence-corrected chi connectivity index (χ3v) is 14.9. The summed E-state index contributed by atoms with van der Waals surface area (Å²) < 4.78 is 49.0. The van der Waals surface area contributed by atoms with Crippen molar-refractivity contribution in [3.05, 3.63) is 137 Å². The van der Waals surface area contributed by atoms with Crippen LogP contribution in [-0.4, -0.2) is 171 Å². The number of aryl methyl sites for hydroxylation is 1. The zero-order chi connectivity index (χ0) is 63.6. The van der Waals surface area contributed by atoms with Crippen LogP contribution in [-0.2, 0) is 70.2 Å². The molecule has 21 nitrogen and oxygen atoms in total. The van der Waals surface area contributed by atoms with E-state index < -0.39 is 120 Å². The lowest BCUT2D eigenvalue weighted by atomic mass is 9.87. The van der Waals surface area contributed by atoms with Crippen LogP contribution < -0.4 is 24.8 Å². The largest absolute Gasteiger partial charge is 0.493 e. The number of ether oxygens (including phenoxy) is 6. The summed E-state index contributed by atoms with van der Waals surface area (Å²) >= 11 is 0. The van der Waals surface area contributed by atoms with Gasteiger partial charge in [-0.1, -0.05) is 66.7 Å². The second-order valence-corrected chi connectivity index (χ2v) is 23.2. The van der Waals surface area contributed by atoms with Gasteiger partial charge >= 0.3 is 11.9 Å². The number of nitrogens with zero attached hydrogens (tertiary/aromatic N) is 4. The van der Waals surface area contributed by atoms with Crippen LogP contribution in [0.4, 0.5) is 4.39 Å². The van der Waals surface area contributed by atoms with Crippen molar-refractivity contribution in [2.45, 2.75) is 115 Å². The molecule has 0 saturated carbocycles.